The molecule has 0 aliphatic heterocycles. The van der Waals surface area contributed by atoms with Gasteiger partial charge in [0, 0.05) is 42.7 Å². The lowest BCUT2D eigenvalue weighted by atomic mass is 10.1. The standard InChI is InChI=1S/C15H19F3N4O/c1-9-5-19-12(10(2)13(9)23-4)7-20-14(15(16,17)18)11-6-21-22(3)8-11/h5-6,8,14,20H,7H2,1-4H3. The summed E-state index contributed by atoms with van der Waals surface area (Å²) in [6, 6.07) is -1.80. The molecular formula is C15H19F3N4O. The number of hydrogen-bond acceptors (Lipinski definition) is 4. The molecule has 8 heteroatoms. The van der Waals surface area contributed by atoms with Gasteiger partial charge in [0.15, 0.2) is 0 Å². The summed E-state index contributed by atoms with van der Waals surface area (Å²) < 4.78 is 46.5. The third-order valence-electron chi connectivity index (χ3n) is 3.61. The summed E-state index contributed by atoms with van der Waals surface area (Å²) in [6.07, 6.45) is -0.274. The molecule has 0 aromatic carbocycles. The molecule has 0 radical (unpaired) electrons. The Balaban J connectivity index is 2.23. The molecule has 126 valence electrons. The van der Waals surface area contributed by atoms with Crippen molar-refractivity contribution in [2.45, 2.75) is 32.6 Å². The van der Waals surface area contributed by atoms with E-state index in [0.29, 0.717) is 11.4 Å². The largest absolute Gasteiger partial charge is 0.496 e. The maximum absolute atomic E-state index is 13.3. The minimum absolute atomic E-state index is 0.0262. The van der Waals surface area contributed by atoms with Gasteiger partial charge < -0.3 is 4.74 Å². The maximum atomic E-state index is 13.3. The van der Waals surface area contributed by atoms with Crippen LogP contribution < -0.4 is 10.1 Å². The zero-order chi connectivity index (χ0) is 17.2. The van der Waals surface area contributed by atoms with Gasteiger partial charge in [0.2, 0.25) is 0 Å². The first-order valence-corrected chi connectivity index (χ1v) is 7.01. The van der Waals surface area contributed by atoms with E-state index < -0.39 is 12.2 Å². The zero-order valence-corrected chi connectivity index (χ0v) is 13.4. The van der Waals surface area contributed by atoms with E-state index in [1.807, 2.05) is 6.92 Å². The van der Waals surface area contributed by atoms with Crippen LogP contribution in [0.15, 0.2) is 18.6 Å². The van der Waals surface area contributed by atoms with Crippen molar-refractivity contribution in [3.8, 4) is 5.75 Å². The Kier molecular flexibility index (Phi) is 4.93. The first kappa shape index (κ1) is 17.3. The summed E-state index contributed by atoms with van der Waals surface area (Å²) in [6.45, 7) is 3.59. The molecule has 0 saturated carbocycles. The van der Waals surface area contributed by atoms with Gasteiger partial charge in [-0.15, -0.1) is 0 Å². The number of ether oxygens (including phenoxy) is 1. The quantitative estimate of drug-likeness (QED) is 0.917. The van der Waals surface area contributed by atoms with Crippen molar-refractivity contribution in [3.63, 3.8) is 0 Å². The van der Waals surface area contributed by atoms with E-state index in [1.54, 1.807) is 20.2 Å². The van der Waals surface area contributed by atoms with Crippen LogP contribution in [0.1, 0.15) is 28.4 Å². The molecule has 0 bridgehead atoms. The van der Waals surface area contributed by atoms with Gasteiger partial charge in [-0.05, 0) is 13.8 Å². The molecular weight excluding hydrogens is 309 g/mol. The molecule has 0 amide bonds. The second kappa shape index (κ2) is 6.57. The van der Waals surface area contributed by atoms with Crippen LogP contribution in [0.5, 0.6) is 5.75 Å². The van der Waals surface area contributed by atoms with Crippen LogP contribution in [0.3, 0.4) is 0 Å². The van der Waals surface area contributed by atoms with Crippen molar-refractivity contribution in [1.82, 2.24) is 20.1 Å². The van der Waals surface area contributed by atoms with Gasteiger partial charge >= 0.3 is 6.18 Å². The van der Waals surface area contributed by atoms with Crippen LogP contribution in [-0.2, 0) is 13.6 Å². The minimum atomic E-state index is -4.42. The highest BCUT2D eigenvalue weighted by Crippen LogP contribution is 2.33. The Morgan fingerprint density at radius 2 is 2.00 bits per heavy atom. The van der Waals surface area contributed by atoms with Crippen LogP contribution in [0, 0.1) is 13.8 Å². The number of pyridine rings is 1. The Bertz CT molecular complexity index is 682. The number of alkyl halides is 3. The fourth-order valence-electron chi connectivity index (χ4n) is 2.46. The summed E-state index contributed by atoms with van der Waals surface area (Å²) >= 11 is 0. The van der Waals surface area contributed by atoms with Gasteiger partial charge in [-0.2, -0.15) is 18.3 Å². The first-order chi connectivity index (χ1) is 10.7. The number of rotatable bonds is 5. The average Bonchev–Trinajstić information content (AvgIpc) is 2.87. The highest BCUT2D eigenvalue weighted by molar-refractivity contribution is 5.41. The molecule has 2 heterocycles. The Labute approximate surface area is 132 Å². The molecule has 1 N–H and O–H groups in total. The predicted octanol–water partition coefficient (Wildman–Crippen LogP) is 2.83. The molecule has 1 unspecified atom stereocenters. The summed E-state index contributed by atoms with van der Waals surface area (Å²) in [4.78, 5) is 4.21. The SMILES string of the molecule is COc1c(C)cnc(CNC(c2cnn(C)c2)C(F)(F)F)c1C. The molecule has 0 aliphatic carbocycles. The predicted molar refractivity (Wildman–Crippen MR) is 79.1 cm³/mol. The van der Waals surface area contributed by atoms with E-state index in [1.165, 1.54) is 24.2 Å². The van der Waals surface area contributed by atoms with E-state index in [-0.39, 0.29) is 12.1 Å². The van der Waals surface area contributed by atoms with Gasteiger partial charge in [-0.25, -0.2) is 0 Å². The van der Waals surface area contributed by atoms with Gasteiger partial charge in [0.25, 0.3) is 0 Å². The molecule has 0 spiro atoms. The fourth-order valence-corrected chi connectivity index (χ4v) is 2.46. The molecule has 2 rings (SSSR count). The van der Waals surface area contributed by atoms with Gasteiger partial charge in [-0.1, -0.05) is 0 Å². The second-order valence-electron chi connectivity index (χ2n) is 5.35. The van der Waals surface area contributed by atoms with Crippen molar-refractivity contribution >= 4 is 0 Å². The first-order valence-electron chi connectivity index (χ1n) is 7.01. The molecule has 0 fully saturated rings. The van der Waals surface area contributed by atoms with Crippen molar-refractivity contribution in [2.75, 3.05) is 7.11 Å². The lowest BCUT2D eigenvalue weighted by molar-refractivity contribution is -0.158. The number of halogens is 3. The normalized spacial score (nSPS) is 13.2. The van der Waals surface area contributed by atoms with Gasteiger partial charge in [0.05, 0.1) is 19.0 Å². The highest BCUT2D eigenvalue weighted by Gasteiger charge is 2.41. The molecule has 5 nitrogen and oxygen atoms in total. The van der Waals surface area contributed by atoms with Crippen LogP contribution in [-0.4, -0.2) is 28.1 Å². The molecule has 0 saturated heterocycles. The minimum Gasteiger partial charge on any atom is -0.496 e. The number of nitrogens with zero attached hydrogens (tertiary/aromatic N) is 3. The van der Waals surface area contributed by atoms with Crippen molar-refractivity contribution in [1.29, 1.82) is 0 Å². The van der Waals surface area contributed by atoms with Crippen molar-refractivity contribution in [3.05, 3.63) is 41.0 Å². The van der Waals surface area contributed by atoms with E-state index in [4.69, 9.17) is 4.74 Å². The summed E-state index contributed by atoms with van der Waals surface area (Å²) in [5.41, 5.74) is 2.16. The van der Waals surface area contributed by atoms with Crippen molar-refractivity contribution in [2.24, 2.45) is 7.05 Å². The average molecular weight is 328 g/mol. The Morgan fingerprint density at radius 1 is 1.30 bits per heavy atom. The Morgan fingerprint density at radius 3 is 2.52 bits per heavy atom. The molecule has 23 heavy (non-hydrogen) atoms. The smallest absolute Gasteiger partial charge is 0.408 e. The third kappa shape index (κ3) is 3.82. The number of nitrogens with one attached hydrogen (secondary N) is 1. The van der Waals surface area contributed by atoms with Crippen LogP contribution in [0.25, 0.3) is 0 Å². The summed E-state index contributed by atoms with van der Waals surface area (Å²) in [7, 11) is 3.11. The van der Waals surface area contributed by atoms with Crippen LogP contribution >= 0.6 is 0 Å². The zero-order valence-electron chi connectivity index (χ0n) is 13.4. The number of aromatic nitrogens is 3. The Hall–Kier alpha value is -2.09. The van der Waals surface area contributed by atoms with E-state index in [2.05, 4.69) is 15.4 Å². The van der Waals surface area contributed by atoms with Gasteiger partial charge in [0.1, 0.15) is 11.8 Å². The number of methoxy groups -OCH3 is 1. The van der Waals surface area contributed by atoms with E-state index in [9.17, 15) is 13.2 Å². The number of aryl methyl sites for hydroxylation is 2. The van der Waals surface area contributed by atoms with E-state index in [0.717, 1.165) is 11.1 Å². The molecule has 2 aromatic rings. The monoisotopic (exact) mass is 328 g/mol. The summed E-state index contributed by atoms with van der Waals surface area (Å²) in [5, 5.41) is 6.32. The lowest BCUT2D eigenvalue weighted by Gasteiger charge is -2.21. The molecule has 2 aromatic heterocycles. The number of hydrogen-bond donors (Lipinski definition) is 1. The van der Waals surface area contributed by atoms with Crippen LogP contribution in [0.4, 0.5) is 13.2 Å². The lowest BCUT2D eigenvalue weighted by Crippen LogP contribution is -2.34. The molecule has 0 aliphatic rings. The topological polar surface area (TPSA) is 52.0 Å². The third-order valence-corrected chi connectivity index (χ3v) is 3.61. The van der Waals surface area contributed by atoms with Crippen LogP contribution in [0.2, 0.25) is 0 Å². The molecule has 1 atom stereocenters. The summed E-state index contributed by atoms with van der Waals surface area (Å²) in [5.74, 6) is 0.640. The van der Waals surface area contributed by atoms with Gasteiger partial charge in [-0.3, -0.25) is 15.0 Å². The van der Waals surface area contributed by atoms with Crippen molar-refractivity contribution < 1.29 is 17.9 Å². The van der Waals surface area contributed by atoms with E-state index >= 15 is 0 Å². The maximum Gasteiger partial charge on any atom is 0.408 e. The second-order valence-corrected chi connectivity index (χ2v) is 5.35. The highest BCUT2D eigenvalue weighted by atomic mass is 19.4. The fraction of sp³-hybridized carbons (Fsp3) is 0.467.